The van der Waals surface area contributed by atoms with Crippen molar-refractivity contribution in [2.75, 3.05) is 11.4 Å². The monoisotopic (exact) mass is 280 g/mol. The fourth-order valence-corrected chi connectivity index (χ4v) is 1.91. The molecule has 6 heteroatoms. The number of anilines is 1. The van der Waals surface area contributed by atoms with Crippen LogP contribution in [0, 0.1) is 0 Å². The number of carbonyl (C=O) groups is 2. The molecule has 0 spiro atoms. The molecule has 0 bridgehead atoms. The number of nitrogens with one attached hydrogen (secondary N) is 1. The lowest BCUT2D eigenvalue weighted by atomic mass is 10.1. The third-order valence-corrected chi connectivity index (χ3v) is 2.96. The largest absolute Gasteiger partial charge is 0.465 e. The Morgan fingerprint density at radius 3 is 2.30 bits per heavy atom. The summed E-state index contributed by atoms with van der Waals surface area (Å²) in [5.74, 6) is -0.388. The molecule has 0 saturated heterocycles. The lowest BCUT2D eigenvalue weighted by Gasteiger charge is -2.19. The lowest BCUT2D eigenvalue weighted by molar-refractivity contribution is -0.129. The molecule has 0 aliphatic heterocycles. The van der Waals surface area contributed by atoms with E-state index in [2.05, 4.69) is 0 Å². The summed E-state index contributed by atoms with van der Waals surface area (Å²) in [4.78, 5) is 23.3. The number of nitrogens with zero attached hydrogens (tertiary/aromatic N) is 1. The van der Waals surface area contributed by atoms with Crippen LogP contribution < -0.4 is 10.4 Å². The molecule has 2 amide bonds. The topological polar surface area (TPSA) is 89.9 Å². The predicted molar refractivity (Wildman–Crippen MR) is 74.8 cm³/mol. The molecule has 0 unspecified atom stereocenters. The van der Waals surface area contributed by atoms with Crippen LogP contribution in [0.4, 0.5) is 10.5 Å². The van der Waals surface area contributed by atoms with E-state index < -0.39 is 6.09 Å². The summed E-state index contributed by atoms with van der Waals surface area (Å²) in [5, 5.41) is 17.5. The smallest absolute Gasteiger partial charge is 0.411 e. The zero-order valence-electron chi connectivity index (χ0n) is 11.3. The Morgan fingerprint density at radius 1 is 1.05 bits per heavy atom. The average Bonchev–Trinajstić information content (AvgIpc) is 2.46. The van der Waals surface area contributed by atoms with Crippen molar-refractivity contribution in [1.29, 1.82) is 0 Å². The highest BCUT2D eigenvalue weighted by Crippen LogP contribution is 2.15. The number of hydrogen-bond donors (Lipinski definition) is 3. The molecule has 3 N–H and O–H groups in total. The van der Waals surface area contributed by atoms with E-state index in [0.29, 0.717) is 18.7 Å². The van der Waals surface area contributed by atoms with E-state index in [1.807, 2.05) is 6.07 Å². The van der Waals surface area contributed by atoms with Gasteiger partial charge >= 0.3 is 6.09 Å². The average molecular weight is 280 g/mol. The quantitative estimate of drug-likeness (QED) is 0.388. The molecule has 1 aromatic rings. The van der Waals surface area contributed by atoms with Crippen molar-refractivity contribution >= 4 is 17.7 Å². The molecule has 0 aromatic heterocycles. The summed E-state index contributed by atoms with van der Waals surface area (Å²) >= 11 is 0. The van der Waals surface area contributed by atoms with Crippen molar-refractivity contribution in [2.45, 2.75) is 32.1 Å². The SMILES string of the molecule is O=C(CCCCCCN(C(=O)O)c1ccccc1)NO. The van der Waals surface area contributed by atoms with Gasteiger partial charge in [-0.05, 0) is 25.0 Å². The Labute approximate surface area is 118 Å². The molecule has 1 aromatic carbocycles. The van der Waals surface area contributed by atoms with Gasteiger partial charge in [-0.2, -0.15) is 0 Å². The number of carbonyl (C=O) groups excluding carboxylic acids is 1. The highest BCUT2D eigenvalue weighted by molar-refractivity contribution is 5.85. The first-order valence-electron chi connectivity index (χ1n) is 6.63. The predicted octanol–water partition coefficient (Wildman–Crippen LogP) is 2.63. The first kappa shape index (κ1) is 16.0. The molecule has 0 aliphatic rings. The minimum Gasteiger partial charge on any atom is -0.465 e. The van der Waals surface area contributed by atoms with Crippen molar-refractivity contribution in [1.82, 2.24) is 5.48 Å². The van der Waals surface area contributed by atoms with Crippen molar-refractivity contribution in [3.63, 3.8) is 0 Å². The van der Waals surface area contributed by atoms with E-state index in [-0.39, 0.29) is 12.3 Å². The summed E-state index contributed by atoms with van der Waals surface area (Å²) in [6.45, 7) is 0.436. The van der Waals surface area contributed by atoms with Crippen molar-refractivity contribution < 1.29 is 19.9 Å². The van der Waals surface area contributed by atoms with E-state index in [0.717, 1.165) is 19.3 Å². The maximum absolute atomic E-state index is 11.2. The molecular weight excluding hydrogens is 260 g/mol. The molecule has 0 heterocycles. The fraction of sp³-hybridized carbons (Fsp3) is 0.429. The number of para-hydroxylation sites is 1. The molecule has 0 aliphatic carbocycles. The van der Waals surface area contributed by atoms with E-state index in [1.165, 1.54) is 4.90 Å². The van der Waals surface area contributed by atoms with Crippen LogP contribution in [-0.4, -0.2) is 28.9 Å². The van der Waals surface area contributed by atoms with Gasteiger partial charge in [0.05, 0.1) is 0 Å². The molecule has 110 valence electrons. The van der Waals surface area contributed by atoms with Gasteiger partial charge in [0.2, 0.25) is 5.91 Å². The van der Waals surface area contributed by atoms with Crippen LogP contribution in [0.5, 0.6) is 0 Å². The van der Waals surface area contributed by atoms with Gasteiger partial charge in [0.1, 0.15) is 0 Å². The Hall–Kier alpha value is -2.08. The second kappa shape index (κ2) is 8.92. The zero-order chi connectivity index (χ0) is 14.8. The fourth-order valence-electron chi connectivity index (χ4n) is 1.91. The molecule has 0 saturated carbocycles. The molecule has 0 radical (unpaired) electrons. The minimum atomic E-state index is -0.962. The van der Waals surface area contributed by atoms with Crippen LogP contribution in [0.15, 0.2) is 30.3 Å². The van der Waals surface area contributed by atoms with Crippen LogP contribution >= 0.6 is 0 Å². The first-order valence-corrected chi connectivity index (χ1v) is 6.63. The Morgan fingerprint density at radius 2 is 1.70 bits per heavy atom. The van der Waals surface area contributed by atoms with Crippen molar-refractivity contribution in [3.05, 3.63) is 30.3 Å². The summed E-state index contributed by atoms with van der Waals surface area (Å²) in [7, 11) is 0. The molecule has 20 heavy (non-hydrogen) atoms. The van der Waals surface area contributed by atoms with Crippen LogP contribution in [0.25, 0.3) is 0 Å². The Balaban J connectivity index is 2.28. The van der Waals surface area contributed by atoms with Crippen LogP contribution in [0.1, 0.15) is 32.1 Å². The summed E-state index contributed by atoms with van der Waals surface area (Å²) in [6.07, 6.45) is 2.42. The van der Waals surface area contributed by atoms with Gasteiger partial charge in [0.15, 0.2) is 0 Å². The van der Waals surface area contributed by atoms with Gasteiger partial charge in [-0.3, -0.25) is 14.9 Å². The number of hydrogen-bond acceptors (Lipinski definition) is 3. The highest BCUT2D eigenvalue weighted by Gasteiger charge is 2.12. The van der Waals surface area contributed by atoms with Crippen LogP contribution in [0.2, 0.25) is 0 Å². The molecule has 0 atom stereocenters. The molecule has 1 rings (SSSR count). The Bertz CT molecular complexity index is 422. The van der Waals surface area contributed by atoms with E-state index in [1.54, 1.807) is 29.7 Å². The van der Waals surface area contributed by atoms with Gasteiger partial charge in [0.25, 0.3) is 0 Å². The summed E-state index contributed by atoms with van der Waals surface area (Å²) in [5.41, 5.74) is 2.25. The van der Waals surface area contributed by atoms with Crippen LogP contribution in [-0.2, 0) is 4.79 Å². The number of amides is 2. The lowest BCUT2D eigenvalue weighted by Crippen LogP contribution is -2.30. The maximum atomic E-state index is 11.2. The third kappa shape index (κ3) is 5.71. The first-order chi connectivity index (χ1) is 9.65. The standard InChI is InChI=1S/C14H20N2O4/c17-13(15-20)10-6-1-2-7-11-16(14(18)19)12-8-4-3-5-9-12/h3-5,8-9,20H,1-2,6-7,10-11H2,(H,15,17)(H,18,19). The van der Waals surface area contributed by atoms with E-state index in [9.17, 15) is 14.7 Å². The van der Waals surface area contributed by atoms with Gasteiger partial charge in [-0.15, -0.1) is 0 Å². The highest BCUT2D eigenvalue weighted by atomic mass is 16.5. The number of rotatable bonds is 8. The number of unbranched alkanes of at least 4 members (excludes halogenated alkanes) is 3. The van der Waals surface area contributed by atoms with Crippen molar-refractivity contribution in [3.8, 4) is 0 Å². The third-order valence-electron chi connectivity index (χ3n) is 2.96. The van der Waals surface area contributed by atoms with E-state index in [4.69, 9.17) is 5.21 Å². The Kier molecular flexibility index (Phi) is 7.13. The van der Waals surface area contributed by atoms with Gasteiger partial charge < -0.3 is 5.11 Å². The summed E-state index contributed by atoms with van der Waals surface area (Å²) in [6, 6.07) is 8.98. The molecule has 6 nitrogen and oxygen atoms in total. The van der Waals surface area contributed by atoms with Gasteiger partial charge in [0, 0.05) is 18.7 Å². The molecule has 0 fully saturated rings. The summed E-state index contributed by atoms with van der Waals surface area (Å²) < 4.78 is 0. The molecular formula is C14H20N2O4. The maximum Gasteiger partial charge on any atom is 0.411 e. The normalized spacial score (nSPS) is 10.1. The minimum absolute atomic E-state index is 0.290. The second-order valence-electron chi connectivity index (χ2n) is 4.47. The zero-order valence-corrected chi connectivity index (χ0v) is 11.3. The second-order valence-corrected chi connectivity index (χ2v) is 4.47. The van der Waals surface area contributed by atoms with Crippen molar-refractivity contribution in [2.24, 2.45) is 0 Å². The van der Waals surface area contributed by atoms with Crippen LogP contribution in [0.3, 0.4) is 0 Å². The van der Waals surface area contributed by atoms with Gasteiger partial charge in [-0.1, -0.05) is 31.0 Å². The number of benzene rings is 1. The van der Waals surface area contributed by atoms with Gasteiger partial charge in [-0.25, -0.2) is 10.3 Å². The van der Waals surface area contributed by atoms with E-state index >= 15 is 0 Å². The number of hydroxylamine groups is 1. The number of carboxylic acid groups (broad SMARTS) is 1.